The van der Waals surface area contributed by atoms with E-state index in [0.717, 1.165) is 44.4 Å². The maximum absolute atomic E-state index is 13.5. The van der Waals surface area contributed by atoms with Crippen molar-refractivity contribution in [1.82, 2.24) is 5.32 Å². The van der Waals surface area contributed by atoms with Gasteiger partial charge in [0.2, 0.25) is 0 Å². The molecule has 2 rings (SSSR count). The summed E-state index contributed by atoms with van der Waals surface area (Å²) in [4.78, 5) is 0. The zero-order valence-corrected chi connectivity index (χ0v) is 11.9. The number of hydrogen-bond donors (Lipinski definition) is 1. The first-order valence-electron chi connectivity index (χ1n) is 7.24. The molecule has 1 aromatic carbocycles. The predicted molar refractivity (Wildman–Crippen MR) is 75.8 cm³/mol. The fraction of sp³-hybridized carbons (Fsp3) is 0.625. The summed E-state index contributed by atoms with van der Waals surface area (Å²) in [5.74, 6) is -0.102. The average Bonchev–Trinajstić information content (AvgIpc) is 2.41. The van der Waals surface area contributed by atoms with E-state index in [1.807, 2.05) is 12.1 Å². The maximum atomic E-state index is 13.5. The van der Waals surface area contributed by atoms with Gasteiger partial charge >= 0.3 is 0 Å². The minimum Gasteiger partial charge on any atom is -0.375 e. The Hall–Kier alpha value is -0.930. The number of ether oxygens (including phenoxy) is 1. The van der Waals surface area contributed by atoms with Crippen LogP contribution in [0.25, 0.3) is 0 Å². The lowest BCUT2D eigenvalue weighted by molar-refractivity contribution is -0.0778. The molecule has 1 saturated heterocycles. The third-order valence-electron chi connectivity index (χ3n) is 4.13. The Morgan fingerprint density at radius 2 is 2.21 bits per heavy atom. The molecule has 1 N–H and O–H groups in total. The smallest absolute Gasteiger partial charge is 0.126 e. The summed E-state index contributed by atoms with van der Waals surface area (Å²) >= 11 is 0. The Morgan fingerprint density at radius 3 is 2.95 bits per heavy atom. The van der Waals surface area contributed by atoms with Crippen LogP contribution >= 0.6 is 0 Å². The highest BCUT2D eigenvalue weighted by Gasteiger charge is 2.31. The van der Waals surface area contributed by atoms with Crippen LogP contribution < -0.4 is 5.32 Å². The van der Waals surface area contributed by atoms with E-state index in [1.54, 1.807) is 6.07 Å². The van der Waals surface area contributed by atoms with Gasteiger partial charge in [-0.15, -0.1) is 0 Å². The molecule has 2 unspecified atom stereocenters. The molecule has 0 aliphatic carbocycles. The molecule has 0 aromatic heterocycles. The Balaban J connectivity index is 1.78. The molecule has 1 fully saturated rings. The van der Waals surface area contributed by atoms with Gasteiger partial charge in [-0.25, -0.2) is 4.39 Å². The van der Waals surface area contributed by atoms with E-state index in [9.17, 15) is 4.39 Å². The minimum atomic E-state index is -0.102. The first-order valence-corrected chi connectivity index (χ1v) is 7.24. The van der Waals surface area contributed by atoms with Gasteiger partial charge in [0.05, 0.1) is 5.60 Å². The Morgan fingerprint density at radius 1 is 1.42 bits per heavy atom. The van der Waals surface area contributed by atoms with Crippen molar-refractivity contribution in [2.45, 2.75) is 51.2 Å². The van der Waals surface area contributed by atoms with Crippen LogP contribution in [0.15, 0.2) is 24.3 Å². The van der Waals surface area contributed by atoms with Gasteiger partial charge in [0, 0.05) is 12.6 Å². The van der Waals surface area contributed by atoms with Crippen molar-refractivity contribution in [3.63, 3.8) is 0 Å². The molecule has 106 valence electrons. The summed E-state index contributed by atoms with van der Waals surface area (Å²) in [6, 6.07) is 7.50. The van der Waals surface area contributed by atoms with E-state index >= 15 is 0 Å². The average molecular weight is 265 g/mol. The summed E-state index contributed by atoms with van der Waals surface area (Å²) in [7, 11) is 0. The second kappa shape index (κ2) is 6.49. The number of halogens is 1. The number of benzene rings is 1. The zero-order chi connectivity index (χ0) is 13.7. The molecule has 2 atom stereocenters. The fourth-order valence-corrected chi connectivity index (χ4v) is 2.66. The van der Waals surface area contributed by atoms with Crippen LogP contribution in [0.3, 0.4) is 0 Å². The van der Waals surface area contributed by atoms with Crippen molar-refractivity contribution < 1.29 is 9.13 Å². The van der Waals surface area contributed by atoms with Gasteiger partial charge in [-0.1, -0.05) is 25.1 Å². The maximum Gasteiger partial charge on any atom is 0.126 e. The monoisotopic (exact) mass is 265 g/mol. The topological polar surface area (TPSA) is 21.3 Å². The first-order chi connectivity index (χ1) is 9.13. The first kappa shape index (κ1) is 14.5. The predicted octanol–water partition coefficient (Wildman–Crippen LogP) is 3.31. The van der Waals surface area contributed by atoms with E-state index in [-0.39, 0.29) is 11.4 Å². The van der Waals surface area contributed by atoms with Gasteiger partial charge in [-0.2, -0.15) is 0 Å². The molecule has 1 aromatic rings. The van der Waals surface area contributed by atoms with Crippen molar-refractivity contribution in [2.75, 3.05) is 13.2 Å². The summed E-state index contributed by atoms with van der Waals surface area (Å²) in [6.45, 7) is 5.99. The summed E-state index contributed by atoms with van der Waals surface area (Å²) in [5.41, 5.74) is 0.800. The molecular weight excluding hydrogens is 241 g/mol. The lowest BCUT2D eigenvalue weighted by Gasteiger charge is -2.38. The number of rotatable bonds is 5. The van der Waals surface area contributed by atoms with Gasteiger partial charge in [-0.05, 0) is 50.8 Å². The quantitative estimate of drug-likeness (QED) is 0.882. The van der Waals surface area contributed by atoms with E-state index in [4.69, 9.17) is 4.74 Å². The Bertz CT molecular complexity index is 409. The van der Waals surface area contributed by atoms with E-state index in [1.165, 1.54) is 6.07 Å². The van der Waals surface area contributed by atoms with Crippen LogP contribution in [-0.4, -0.2) is 24.8 Å². The molecule has 1 heterocycles. The minimum absolute atomic E-state index is 0.00785. The largest absolute Gasteiger partial charge is 0.375 e. The van der Waals surface area contributed by atoms with Gasteiger partial charge in [0.15, 0.2) is 0 Å². The molecular formula is C16H24FNO. The molecule has 0 radical (unpaired) electrons. The van der Waals surface area contributed by atoms with Crippen molar-refractivity contribution in [2.24, 2.45) is 0 Å². The third-order valence-corrected chi connectivity index (χ3v) is 4.13. The second-order valence-electron chi connectivity index (χ2n) is 5.64. The molecule has 1 aliphatic rings. The van der Waals surface area contributed by atoms with Crippen LogP contribution in [0, 0.1) is 5.82 Å². The normalized spacial score (nSPS) is 27.4. The van der Waals surface area contributed by atoms with E-state index in [0.29, 0.717) is 6.04 Å². The standard InChI is InChI=1S/C16H24FNO/c1-3-16(2)12-14(9-11-19-16)18-10-8-13-6-4-5-7-15(13)17/h4-7,14,18H,3,8-12H2,1-2H3. The Kier molecular flexibility index (Phi) is 4.94. The van der Waals surface area contributed by atoms with Crippen molar-refractivity contribution in [3.05, 3.63) is 35.6 Å². The lowest BCUT2D eigenvalue weighted by Crippen LogP contribution is -2.45. The second-order valence-corrected chi connectivity index (χ2v) is 5.64. The molecule has 2 nitrogen and oxygen atoms in total. The molecule has 19 heavy (non-hydrogen) atoms. The van der Waals surface area contributed by atoms with Crippen molar-refractivity contribution in [3.8, 4) is 0 Å². The highest BCUT2D eigenvalue weighted by atomic mass is 19.1. The van der Waals surface area contributed by atoms with Crippen molar-refractivity contribution in [1.29, 1.82) is 0 Å². The number of nitrogens with one attached hydrogen (secondary N) is 1. The van der Waals surface area contributed by atoms with Crippen LogP contribution in [-0.2, 0) is 11.2 Å². The van der Waals surface area contributed by atoms with Crippen molar-refractivity contribution >= 4 is 0 Å². The van der Waals surface area contributed by atoms with Crippen LogP contribution in [0.4, 0.5) is 4.39 Å². The summed E-state index contributed by atoms with van der Waals surface area (Å²) in [6.07, 6.45) is 3.87. The van der Waals surface area contributed by atoms with E-state index in [2.05, 4.69) is 19.2 Å². The fourth-order valence-electron chi connectivity index (χ4n) is 2.66. The van der Waals surface area contributed by atoms with Crippen LogP contribution in [0.5, 0.6) is 0 Å². The summed E-state index contributed by atoms with van der Waals surface area (Å²) in [5, 5.41) is 3.54. The molecule has 0 amide bonds. The summed E-state index contributed by atoms with van der Waals surface area (Å²) < 4.78 is 19.3. The van der Waals surface area contributed by atoms with Crippen LogP contribution in [0.1, 0.15) is 38.7 Å². The Labute approximate surface area is 115 Å². The third kappa shape index (κ3) is 4.02. The SMILES string of the molecule is CCC1(C)CC(NCCc2ccccc2F)CCO1. The van der Waals surface area contributed by atoms with Gasteiger partial charge in [0.25, 0.3) is 0 Å². The molecule has 3 heteroatoms. The van der Waals surface area contributed by atoms with Gasteiger partial charge in [0.1, 0.15) is 5.82 Å². The molecule has 0 spiro atoms. The van der Waals surface area contributed by atoms with Gasteiger partial charge < -0.3 is 10.1 Å². The van der Waals surface area contributed by atoms with Crippen LogP contribution in [0.2, 0.25) is 0 Å². The zero-order valence-electron chi connectivity index (χ0n) is 11.9. The van der Waals surface area contributed by atoms with E-state index < -0.39 is 0 Å². The molecule has 1 aliphatic heterocycles. The molecule has 0 bridgehead atoms. The highest BCUT2D eigenvalue weighted by Crippen LogP contribution is 2.27. The number of hydrogen-bond acceptors (Lipinski definition) is 2. The van der Waals surface area contributed by atoms with Gasteiger partial charge in [-0.3, -0.25) is 0 Å². The highest BCUT2D eigenvalue weighted by molar-refractivity contribution is 5.17. The molecule has 0 saturated carbocycles. The lowest BCUT2D eigenvalue weighted by atomic mass is 9.90.